The van der Waals surface area contributed by atoms with Crippen LogP contribution in [0.15, 0.2) is 60.7 Å². The molecule has 0 aliphatic carbocycles. The van der Waals surface area contributed by atoms with E-state index in [4.69, 9.17) is 0 Å². The van der Waals surface area contributed by atoms with Crippen molar-refractivity contribution in [3.05, 3.63) is 77.4 Å². The maximum atomic E-state index is 12.2. The Kier molecular flexibility index (Phi) is 7.32. The molecular formula is C22H26O. The van der Waals surface area contributed by atoms with Crippen LogP contribution in [0.4, 0.5) is 0 Å². The number of hydrogen-bond donors (Lipinski definition) is 0. The number of carbonyl (C=O) groups is 1. The Morgan fingerprint density at radius 1 is 0.870 bits per heavy atom. The van der Waals surface area contributed by atoms with Crippen molar-refractivity contribution in [2.24, 2.45) is 0 Å². The van der Waals surface area contributed by atoms with Gasteiger partial charge in [-0.3, -0.25) is 4.79 Å². The third-order valence-corrected chi connectivity index (χ3v) is 4.08. The van der Waals surface area contributed by atoms with Gasteiger partial charge in [-0.15, -0.1) is 0 Å². The molecule has 0 unspecified atom stereocenters. The van der Waals surface area contributed by atoms with Gasteiger partial charge < -0.3 is 0 Å². The van der Waals surface area contributed by atoms with E-state index in [2.05, 4.69) is 25.1 Å². The van der Waals surface area contributed by atoms with E-state index >= 15 is 0 Å². The Labute approximate surface area is 140 Å². The molecule has 0 aromatic heterocycles. The van der Waals surface area contributed by atoms with Crippen LogP contribution in [-0.4, -0.2) is 5.78 Å². The lowest BCUT2D eigenvalue weighted by Gasteiger charge is -2.06. The van der Waals surface area contributed by atoms with E-state index in [0.29, 0.717) is 0 Å². The first-order valence-corrected chi connectivity index (χ1v) is 8.66. The van der Waals surface area contributed by atoms with Gasteiger partial charge in [0.05, 0.1) is 0 Å². The third kappa shape index (κ3) is 5.86. The van der Waals surface area contributed by atoms with Crippen LogP contribution in [0.5, 0.6) is 0 Å². The zero-order valence-corrected chi connectivity index (χ0v) is 14.0. The van der Waals surface area contributed by atoms with Gasteiger partial charge in [-0.25, -0.2) is 0 Å². The molecule has 0 radical (unpaired) electrons. The number of hydrogen-bond acceptors (Lipinski definition) is 1. The summed E-state index contributed by atoms with van der Waals surface area (Å²) in [4.78, 5) is 12.2. The monoisotopic (exact) mass is 306 g/mol. The van der Waals surface area contributed by atoms with E-state index in [1.54, 1.807) is 6.08 Å². The number of carbonyl (C=O) groups excluding carboxylic acids is 1. The fraction of sp³-hybridized carbons (Fsp3) is 0.318. The summed E-state index contributed by atoms with van der Waals surface area (Å²) in [6.07, 6.45) is 11.2. The summed E-state index contributed by atoms with van der Waals surface area (Å²) in [5, 5.41) is 0. The van der Waals surface area contributed by atoms with Crippen molar-refractivity contribution in [3.8, 4) is 0 Å². The molecule has 23 heavy (non-hydrogen) atoms. The smallest absolute Gasteiger partial charge is 0.185 e. The molecular weight excluding hydrogens is 280 g/mol. The number of aryl methyl sites for hydroxylation is 1. The summed E-state index contributed by atoms with van der Waals surface area (Å²) in [6.45, 7) is 2.24. The first kappa shape index (κ1) is 17.2. The van der Waals surface area contributed by atoms with Gasteiger partial charge in [-0.2, -0.15) is 0 Å². The van der Waals surface area contributed by atoms with Crippen molar-refractivity contribution in [3.63, 3.8) is 0 Å². The summed E-state index contributed by atoms with van der Waals surface area (Å²) < 4.78 is 0. The molecule has 0 fully saturated rings. The molecule has 2 aromatic rings. The molecule has 0 saturated carbocycles. The minimum atomic E-state index is 0.0587. The summed E-state index contributed by atoms with van der Waals surface area (Å²) in [5.74, 6) is 0.0587. The van der Waals surface area contributed by atoms with Gasteiger partial charge in [0.2, 0.25) is 0 Å². The first-order chi connectivity index (χ1) is 11.3. The quantitative estimate of drug-likeness (QED) is 0.311. The highest BCUT2D eigenvalue weighted by atomic mass is 16.1. The molecule has 2 aromatic carbocycles. The largest absolute Gasteiger partial charge is 0.289 e. The Morgan fingerprint density at radius 2 is 1.57 bits per heavy atom. The van der Waals surface area contributed by atoms with Crippen molar-refractivity contribution in [2.75, 3.05) is 0 Å². The Bertz CT molecular complexity index is 625. The zero-order valence-electron chi connectivity index (χ0n) is 14.0. The number of ketones is 1. The topological polar surface area (TPSA) is 17.1 Å². The molecule has 0 aliphatic rings. The number of rotatable bonds is 9. The minimum absolute atomic E-state index is 0.0587. The van der Waals surface area contributed by atoms with Crippen LogP contribution in [0, 0.1) is 0 Å². The predicted octanol–water partition coefficient (Wildman–Crippen LogP) is 6.10. The molecule has 0 bridgehead atoms. The number of allylic oxidation sites excluding steroid dienone is 1. The maximum absolute atomic E-state index is 12.2. The highest BCUT2D eigenvalue weighted by Crippen LogP contribution is 2.16. The van der Waals surface area contributed by atoms with Crippen LogP contribution >= 0.6 is 0 Å². The molecule has 0 N–H and O–H groups in total. The van der Waals surface area contributed by atoms with E-state index in [9.17, 15) is 4.79 Å². The van der Waals surface area contributed by atoms with Crippen molar-refractivity contribution < 1.29 is 4.79 Å². The average Bonchev–Trinajstić information content (AvgIpc) is 2.61. The van der Waals surface area contributed by atoms with E-state index in [1.807, 2.05) is 42.5 Å². The molecule has 0 atom stereocenters. The van der Waals surface area contributed by atoms with Gasteiger partial charge >= 0.3 is 0 Å². The lowest BCUT2D eigenvalue weighted by Crippen LogP contribution is -1.94. The average molecular weight is 306 g/mol. The van der Waals surface area contributed by atoms with E-state index in [-0.39, 0.29) is 5.78 Å². The highest BCUT2D eigenvalue weighted by Gasteiger charge is 2.02. The summed E-state index contributed by atoms with van der Waals surface area (Å²) >= 11 is 0. The molecule has 0 aliphatic heterocycles. The fourth-order valence-corrected chi connectivity index (χ4v) is 2.71. The molecule has 2 rings (SSSR count). The molecule has 0 spiro atoms. The van der Waals surface area contributed by atoms with Crippen LogP contribution in [0.2, 0.25) is 0 Å². The lowest BCUT2D eigenvalue weighted by atomic mass is 9.99. The summed E-state index contributed by atoms with van der Waals surface area (Å²) in [7, 11) is 0. The highest BCUT2D eigenvalue weighted by molar-refractivity contribution is 6.06. The number of unbranched alkanes of at least 4 members (excludes halogenated alkanes) is 4. The number of benzene rings is 2. The van der Waals surface area contributed by atoms with E-state index in [0.717, 1.165) is 17.5 Å². The second-order valence-electron chi connectivity index (χ2n) is 5.93. The molecule has 0 heterocycles. The maximum Gasteiger partial charge on any atom is 0.185 e. The second-order valence-corrected chi connectivity index (χ2v) is 5.93. The normalized spacial score (nSPS) is 11.0. The molecule has 0 saturated heterocycles. The fourth-order valence-electron chi connectivity index (χ4n) is 2.71. The van der Waals surface area contributed by atoms with Crippen molar-refractivity contribution in [2.45, 2.75) is 45.4 Å². The van der Waals surface area contributed by atoms with E-state index in [1.165, 1.54) is 37.7 Å². The van der Waals surface area contributed by atoms with Crippen LogP contribution in [0.3, 0.4) is 0 Å². The van der Waals surface area contributed by atoms with Gasteiger partial charge in [0.25, 0.3) is 0 Å². The van der Waals surface area contributed by atoms with Gasteiger partial charge in [0, 0.05) is 5.56 Å². The van der Waals surface area contributed by atoms with E-state index < -0.39 is 0 Å². The van der Waals surface area contributed by atoms with Crippen LogP contribution < -0.4 is 0 Å². The van der Waals surface area contributed by atoms with Gasteiger partial charge in [-0.1, -0.05) is 93.3 Å². The van der Waals surface area contributed by atoms with Crippen LogP contribution in [0.25, 0.3) is 6.08 Å². The lowest BCUT2D eigenvalue weighted by molar-refractivity contribution is 0.104. The third-order valence-electron chi connectivity index (χ3n) is 4.08. The Morgan fingerprint density at radius 3 is 2.35 bits per heavy atom. The molecule has 120 valence electrons. The zero-order chi connectivity index (χ0) is 16.3. The van der Waals surface area contributed by atoms with Crippen molar-refractivity contribution in [1.29, 1.82) is 0 Å². The van der Waals surface area contributed by atoms with Crippen molar-refractivity contribution in [1.82, 2.24) is 0 Å². The Hall–Kier alpha value is -2.15. The van der Waals surface area contributed by atoms with Crippen molar-refractivity contribution >= 4 is 11.9 Å². The second kappa shape index (κ2) is 9.78. The van der Waals surface area contributed by atoms with Gasteiger partial charge in [-0.05, 0) is 30.0 Å². The summed E-state index contributed by atoms with van der Waals surface area (Å²) in [5.41, 5.74) is 3.23. The van der Waals surface area contributed by atoms with Crippen LogP contribution in [-0.2, 0) is 6.42 Å². The van der Waals surface area contributed by atoms with Gasteiger partial charge in [0.1, 0.15) is 0 Å². The minimum Gasteiger partial charge on any atom is -0.289 e. The predicted molar refractivity (Wildman–Crippen MR) is 98.7 cm³/mol. The van der Waals surface area contributed by atoms with Crippen LogP contribution in [0.1, 0.15) is 60.5 Å². The molecule has 0 amide bonds. The molecule has 1 heteroatoms. The first-order valence-electron chi connectivity index (χ1n) is 8.66. The van der Waals surface area contributed by atoms with Gasteiger partial charge in [0.15, 0.2) is 5.78 Å². The Balaban J connectivity index is 1.97. The summed E-state index contributed by atoms with van der Waals surface area (Å²) in [6, 6.07) is 17.8. The molecule has 1 nitrogen and oxygen atoms in total. The standard InChI is InChI=1S/C22H26O/c1-2-3-4-5-7-12-19-13-10-11-14-20(19)17-18-22(23)21-15-8-6-9-16-21/h6,8-11,13-18H,2-5,7,12H2,1H3. The SMILES string of the molecule is CCCCCCCc1ccccc1C=CC(=O)c1ccccc1.